The second kappa shape index (κ2) is 9.76. The zero-order valence-corrected chi connectivity index (χ0v) is 20.1. The van der Waals surface area contributed by atoms with Crippen LogP contribution in [0.3, 0.4) is 0 Å². The number of carbonyl (C=O) groups excluding carboxylic acids is 1. The summed E-state index contributed by atoms with van der Waals surface area (Å²) in [7, 11) is 0. The molecule has 35 heavy (non-hydrogen) atoms. The number of hydrogen-bond donors (Lipinski definition) is 1. The van der Waals surface area contributed by atoms with Crippen LogP contribution in [0.1, 0.15) is 37.4 Å². The minimum Gasteiger partial charge on any atom is -0.325 e. The van der Waals surface area contributed by atoms with E-state index in [1.807, 2.05) is 37.3 Å². The maximum absolute atomic E-state index is 13.4. The molecule has 0 fully saturated rings. The van der Waals surface area contributed by atoms with E-state index in [2.05, 4.69) is 21.1 Å². The average Bonchev–Trinajstić information content (AvgIpc) is 3.04. The normalized spacial score (nSPS) is 14.1. The fourth-order valence-electron chi connectivity index (χ4n) is 4.27. The number of nitrogens with one attached hydrogen (secondary N) is 1. The summed E-state index contributed by atoms with van der Waals surface area (Å²) in [6.07, 6.45) is 3.83. The maximum Gasteiger partial charge on any atom is 0.284 e. The van der Waals surface area contributed by atoms with Crippen LogP contribution < -0.4 is 10.9 Å². The smallest absolute Gasteiger partial charge is 0.284 e. The Bertz CT molecular complexity index is 1440. The van der Waals surface area contributed by atoms with E-state index < -0.39 is 5.25 Å². The number of benzene rings is 2. The molecular weight excluding hydrogens is 460 g/mol. The molecule has 1 N–H and O–H groups in total. The molecule has 3 heterocycles. The molecule has 1 unspecified atom stereocenters. The number of amides is 1. The zero-order valence-electron chi connectivity index (χ0n) is 19.3. The summed E-state index contributed by atoms with van der Waals surface area (Å²) < 4.78 is 3.52. The number of rotatable bonds is 5. The Balaban J connectivity index is 1.49. The fourth-order valence-corrected chi connectivity index (χ4v) is 5.22. The summed E-state index contributed by atoms with van der Waals surface area (Å²) in [4.78, 5) is 31.0. The highest BCUT2D eigenvalue weighted by atomic mass is 32.2. The van der Waals surface area contributed by atoms with Gasteiger partial charge < -0.3 is 9.88 Å². The highest BCUT2D eigenvalue weighted by Gasteiger charge is 2.28. The molecule has 5 rings (SSSR count). The fraction of sp³-hybridized carbons (Fsp3) is 0.269. The number of nitriles is 1. The van der Waals surface area contributed by atoms with Gasteiger partial charge in [-0.1, -0.05) is 36.4 Å². The summed E-state index contributed by atoms with van der Waals surface area (Å²) in [6, 6.07) is 18.2. The molecule has 0 radical (unpaired) electrons. The topological polar surface area (TPSA) is 106 Å². The molecule has 176 valence electrons. The molecule has 0 spiro atoms. The van der Waals surface area contributed by atoms with Crippen molar-refractivity contribution in [2.24, 2.45) is 0 Å². The van der Waals surface area contributed by atoms with Gasteiger partial charge in [0.1, 0.15) is 5.56 Å². The molecule has 9 heteroatoms. The molecule has 1 atom stereocenters. The first kappa shape index (κ1) is 22.9. The van der Waals surface area contributed by atoms with Crippen LogP contribution in [0.5, 0.6) is 0 Å². The number of nitrogens with zero attached hydrogens (tertiary/aromatic N) is 5. The van der Waals surface area contributed by atoms with Crippen molar-refractivity contribution in [2.45, 2.75) is 49.6 Å². The van der Waals surface area contributed by atoms with Crippen LogP contribution in [-0.2, 0) is 17.8 Å². The summed E-state index contributed by atoms with van der Waals surface area (Å²) in [5.74, 6) is 0.248. The number of aromatic nitrogens is 4. The van der Waals surface area contributed by atoms with Crippen LogP contribution in [0.25, 0.3) is 17.1 Å². The Morgan fingerprint density at radius 3 is 2.63 bits per heavy atom. The molecule has 0 saturated carbocycles. The van der Waals surface area contributed by atoms with E-state index in [0.717, 1.165) is 37.9 Å². The summed E-state index contributed by atoms with van der Waals surface area (Å²) in [5, 5.41) is 16.7. The van der Waals surface area contributed by atoms with Gasteiger partial charge in [0.15, 0.2) is 11.0 Å². The lowest BCUT2D eigenvalue weighted by molar-refractivity contribution is -0.115. The first-order valence-electron chi connectivity index (χ1n) is 11.6. The van der Waals surface area contributed by atoms with E-state index in [9.17, 15) is 9.59 Å². The Kier molecular flexibility index (Phi) is 6.38. The highest BCUT2D eigenvalue weighted by molar-refractivity contribution is 8.00. The first-order chi connectivity index (χ1) is 17.0. The zero-order chi connectivity index (χ0) is 24.4. The predicted molar refractivity (Wildman–Crippen MR) is 135 cm³/mol. The van der Waals surface area contributed by atoms with Crippen LogP contribution in [-0.4, -0.2) is 30.5 Å². The van der Waals surface area contributed by atoms with Crippen LogP contribution >= 0.6 is 11.8 Å². The Morgan fingerprint density at radius 1 is 1.11 bits per heavy atom. The number of fused-ring (bicyclic) bond motifs is 3. The van der Waals surface area contributed by atoms with Gasteiger partial charge in [-0.15, -0.1) is 5.10 Å². The lowest BCUT2D eigenvalue weighted by atomic mass is 10.1. The molecule has 0 aromatic heterocycles. The number of thioether (sulfide) groups is 1. The average molecular weight is 485 g/mol. The van der Waals surface area contributed by atoms with E-state index in [1.165, 1.54) is 16.4 Å². The van der Waals surface area contributed by atoms with Gasteiger partial charge in [-0.25, -0.2) is 4.98 Å². The van der Waals surface area contributed by atoms with Gasteiger partial charge in [0.2, 0.25) is 5.91 Å². The summed E-state index contributed by atoms with van der Waals surface area (Å²) in [5.41, 5.74) is 3.22. The predicted octanol–water partition coefficient (Wildman–Crippen LogP) is 4.25. The summed E-state index contributed by atoms with van der Waals surface area (Å²) in [6.45, 7) is 2.58. The van der Waals surface area contributed by atoms with Crippen LogP contribution in [0.2, 0.25) is 0 Å². The van der Waals surface area contributed by atoms with Gasteiger partial charge >= 0.3 is 0 Å². The van der Waals surface area contributed by atoms with Gasteiger partial charge in [0.25, 0.3) is 5.56 Å². The molecule has 2 aromatic rings. The molecule has 0 aliphatic carbocycles. The number of anilines is 1. The third kappa shape index (κ3) is 4.57. The third-order valence-corrected chi connectivity index (χ3v) is 7.19. The maximum atomic E-state index is 13.4. The van der Waals surface area contributed by atoms with Crippen molar-refractivity contribution in [3.63, 3.8) is 0 Å². The van der Waals surface area contributed by atoms with E-state index in [-0.39, 0.29) is 11.5 Å². The van der Waals surface area contributed by atoms with Crippen molar-refractivity contribution in [2.75, 3.05) is 5.32 Å². The van der Waals surface area contributed by atoms with Crippen molar-refractivity contribution in [1.29, 1.82) is 5.26 Å². The Labute approximate surface area is 207 Å². The molecule has 8 nitrogen and oxygen atoms in total. The van der Waals surface area contributed by atoms with E-state index in [1.54, 1.807) is 24.3 Å². The van der Waals surface area contributed by atoms with Crippen molar-refractivity contribution in [3.05, 3.63) is 76.2 Å². The van der Waals surface area contributed by atoms with Gasteiger partial charge in [0, 0.05) is 17.9 Å². The van der Waals surface area contributed by atoms with E-state index >= 15 is 0 Å². The van der Waals surface area contributed by atoms with Crippen molar-refractivity contribution < 1.29 is 4.79 Å². The monoisotopic (exact) mass is 484 g/mol. The minimum atomic E-state index is -0.432. The number of hydrogen-bond acceptors (Lipinski definition) is 6. The van der Waals surface area contributed by atoms with Crippen LogP contribution in [0.15, 0.2) is 64.5 Å². The molecule has 3 aliphatic heterocycles. The molecule has 0 saturated heterocycles. The van der Waals surface area contributed by atoms with Gasteiger partial charge in [-0.2, -0.15) is 9.94 Å². The lowest BCUT2D eigenvalue weighted by Crippen LogP contribution is -2.24. The SMILES string of the molecule is CC(Sc1nc2nn(-c3ccccc3)c(=O)c-2c2n1CCCCC2)C(=O)Nc1ccc(C#N)cc1. The van der Waals surface area contributed by atoms with Crippen molar-refractivity contribution >= 4 is 23.4 Å². The first-order valence-corrected chi connectivity index (χ1v) is 12.5. The van der Waals surface area contributed by atoms with Gasteiger partial charge in [-0.05, 0) is 62.6 Å². The van der Waals surface area contributed by atoms with Crippen molar-refractivity contribution in [3.8, 4) is 23.1 Å². The highest BCUT2D eigenvalue weighted by Crippen LogP contribution is 2.32. The summed E-state index contributed by atoms with van der Waals surface area (Å²) >= 11 is 1.36. The second-order valence-corrected chi connectivity index (χ2v) is 9.80. The lowest BCUT2D eigenvalue weighted by Gasteiger charge is -2.19. The van der Waals surface area contributed by atoms with E-state index in [4.69, 9.17) is 10.2 Å². The van der Waals surface area contributed by atoms with Gasteiger partial charge in [0.05, 0.1) is 22.6 Å². The molecule has 2 aromatic carbocycles. The molecular formula is C26H24N6O2S. The largest absolute Gasteiger partial charge is 0.325 e. The standard InChI is InChI=1S/C26H24N6O2S/c1-17(24(33)28-19-13-11-18(16-27)12-14-19)35-26-29-23-22(21-10-6-3-7-15-31(21)26)25(34)32(30-23)20-8-4-2-5-9-20/h2,4-5,8-9,11-14,17H,3,6-7,10,15H2,1H3,(H,28,33). The van der Waals surface area contributed by atoms with Crippen LogP contribution in [0.4, 0.5) is 5.69 Å². The molecule has 3 aliphatic rings. The quantitative estimate of drug-likeness (QED) is 0.335. The number of carbonyl (C=O) groups is 1. The van der Waals surface area contributed by atoms with Crippen LogP contribution in [0, 0.1) is 11.3 Å². The minimum absolute atomic E-state index is 0.160. The Morgan fingerprint density at radius 2 is 1.89 bits per heavy atom. The second-order valence-electron chi connectivity index (χ2n) is 8.49. The molecule has 1 amide bonds. The van der Waals surface area contributed by atoms with E-state index in [0.29, 0.717) is 33.5 Å². The van der Waals surface area contributed by atoms with Crippen molar-refractivity contribution in [1.82, 2.24) is 19.3 Å². The number of para-hydroxylation sites is 1. The molecule has 0 bridgehead atoms. The Hall–Kier alpha value is -3.90. The van der Waals surface area contributed by atoms with Gasteiger partial charge in [-0.3, -0.25) is 9.59 Å². The third-order valence-electron chi connectivity index (χ3n) is 6.10.